The summed E-state index contributed by atoms with van der Waals surface area (Å²) in [5, 5.41) is 3.60. The standard InChI is InChI=1S/C20H21ClN2O2/c1-13-6-5-9-18(14(13)2)22-20(25)16-10-19(24)23(12-16)11-15-7-3-4-8-17(15)21/h3-9,16H,10-12H2,1-2H3,(H,22,25)/t16-/m0/s1. The van der Waals surface area contributed by atoms with Gasteiger partial charge in [-0.15, -0.1) is 0 Å². The van der Waals surface area contributed by atoms with Gasteiger partial charge in [0, 0.05) is 30.2 Å². The fourth-order valence-electron chi connectivity index (χ4n) is 3.05. The van der Waals surface area contributed by atoms with Gasteiger partial charge in [0.15, 0.2) is 0 Å². The average molecular weight is 357 g/mol. The lowest BCUT2D eigenvalue weighted by atomic mass is 10.1. The van der Waals surface area contributed by atoms with Crippen LogP contribution in [-0.4, -0.2) is 23.3 Å². The Morgan fingerprint density at radius 1 is 1.20 bits per heavy atom. The minimum Gasteiger partial charge on any atom is -0.337 e. The van der Waals surface area contributed by atoms with Gasteiger partial charge in [-0.05, 0) is 42.7 Å². The van der Waals surface area contributed by atoms with Crippen LogP contribution in [0.15, 0.2) is 42.5 Å². The summed E-state index contributed by atoms with van der Waals surface area (Å²) in [6.07, 6.45) is 0.237. The molecule has 1 atom stereocenters. The van der Waals surface area contributed by atoms with Crippen molar-refractivity contribution in [3.63, 3.8) is 0 Å². The zero-order valence-electron chi connectivity index (χ0n) is 14.4. The van der Waals surface area contributed by atoms with Crippen molar-refractivity contribution in [1.29, 1.82) is 0 Å². The third-order valence-corrected chi connectivity index (χ3v) is 5.14. The van der Waals surface area contributed by atoms with E-state index in [1.54, 1.807) is 4.90 Å². The molecule has 130 valence electrons. The molecule has 4 nitrogen and oxygen atoms in total. The Labute approximate surface area is 152 Å². The number of hydrogen-bond acceptors (Lipinski definition) is 2. The predicted molar refractivity (Wildman–Crippen MR) is 99.5 cm³/mol. The monoisotopic (exact) mass is 356 g/mol. The Hall–Kier alpha value is -2.33. The molecule has 1 saturated heterocycles. The summed E-state index contributed by atoms with van der Waals surface area (Å²) < 4.78 is 0. The van der Waals surface area contributed by atoms with Gasteiger partial charge in [0.05, 0.1) is 5.92 Å². The van der Waals surface area contributed by atoms with Crippen LogP contribution in [-0.2, 0) is 16.1 Å². The molecule has 1 heterocycles. The second-order valence-corrected chi connectivity index (χ2v) is 6.91. The molecule has 0 radical (unpaired) electrons. The second kappa shape index (κ2) is 7.28. The van der Waals surface area contributed by atoms with Crippen LogP contribution in [0.5, 0.6) is 0 Å². The molecule has 1 aliphatic heterocycles. The third kappa shape index (κ3) is 3.85. The van der Waals surface area contributed by atoms with Crippen molar-refractivity contribution in [2.75, 3.05) is 11.9 Å². The Morgan fingerprint density at radius 2 is 1.96 bits per heavy atom. The highest BCUT2D eigenvalue weighted by atomic mass is 35.5. The average Bonchev–Trinajstić information content (AvgIpc) is 2.95. The van der Waals surface area contributed by atoms with Gasteiger partial charge in [0.25, 0.3) is 0 Å². The number of amides is 2. The molecule has 2 aromatic carbocycles. The molecule has 0 spiro atoms. The highest BCUT2D eigenvalue weighted by molar-refractivity contribution is 6.31. The van der Waals surface area contributed by atoms with E-state index in [0.717, 1.165) is 22.4 Å². The number of aryl methyl sites for hydroxylation is 1. The SMILES string of the molecule is Cc1cccc(NC(=O)[C@H]2CC(=O)N(Cc3ccccc3Cl)C2)c1C. The summed E-state index contributed by atoms with van der Waals surface area (Å²) in [5.74, 6) is -0.459. The Balaban J connectivity index is 1.66. The quantitative estimate of drug-likeness (QED) is 0.901. The number of anilines is 1. The van der Waals surface area contributed by atoms with Crippen molar-refractivity contribution in [3.05, 3.63) is 64.2 Å². The first-order chi connectivity index (χ1) is 12.0. The van der Waals surface area contributed by atoms with Crippen LogP contribution in [0.3, 0.4) is 0 Å². The first-order valence-corrected chi connectivity index (χ1v) is 8.71. The highest BCUT2D eigenvalue weighted by Crippen LogP contribution is 2.25. The van der Waals surface area contributed by atoms with Crippen molar-refractivity contribution in [3.8, 4) is 0 Å². The molecule has 1 aliphatic rings. The number of halogens is 1. The Morgan fingerprint density at radius 3 is 2.72 bits per heavy atom. The fraction of sp³-hybridized carbons (Fsp3) is 0.300. The predicted octanol–water partition coefficient (Wildman–Crippen LogP) is 3.94. The molecule has 2 amide bonds. The summed E-state index contributed by atoms with van der Waals surface area (Å²) in [4.78, 5) is 26.6. The molecule has 2 aromatic rings. The fourth-order valence-corrected chi connectivity index (χ4v) is 3.25. The number of carbonyl (C=O) groups is 2. The molecule has 3 rings (SSSR count). The lowest BCUT2D eigenvalue weighted by Gasteiger charge is -2.18. The van der Waals surface area contributed by atoms with E-state index in [1.165, 1.54) is 0 Å². The van der Waals surface area contributed by atoms with E-state index in [-0.39, 0.29) is 24.2 Å². The maximum Gasteiger partial charge on any atom is 0.229 e. The van der Waals surface area contributed by atoms with E-state index in [0.29, 0.717) is 18.1 Å². The second-order valence-electron chi connectivity index (χ2n) is 6.50. The van der Waals surface area contributed by atoms with Crippen LogP contribution in [0.25, 0.3) is 0 Å². The number of hydrogen-bond donors (Lipinski definition) is 1. The molecule has 5 heteroatoms. The van der Waals surface area contributed by atoms with E-state index in [2.05, 4.69) is 5.32 Å². The smallest absolute Gasteiger partial charge is 0.229 e. The molecule has 1 fully saturated rings. The van der Waals surface area contributed by atoms with Crippen molar-refractivity contribution in [1.82, 2.24) is 4.90 Å². The summed E-state index contributed by atoms with van der Waals surface area (Å²) in [6.45, 7) is 4.84. The van der Waals surface area contributed by atoms with Gasteiger partial charge < -0.3 is 10.2 Å². The maximum atomic E-state index is 12.6. The van der Waals surface area contributed by atoms with Gasteiger partial charge >= 0.3 is 0 Å². The van der Waals surface area contributed by atoms with E-state index in [4.69, 9.17) is 11.6 Å². The third-order valence-electron chi connectivity index (χ3n) is 4.77. The van der Waals surface area contributed by atoms with Crippen LogP contribution < -0.4 is 5.32 Å². The minimum absolute atomic E-state index is 0.0129. The van der Waals surface area contributed by atoms with Crippen LogP contribution >= 0.6 is 11.6 Å². The maximum absolute atomic E-state index is 12.6. The van der Waals surface area contributed by atoms with Gasteiger partial charge in [0.2, 0.25) is 11.8 Å². The lowest BCUT2D eigenvalue weighted by Crippen LogP contribution is -2.28. The number of carbonyl (C=O) groups excluding carboxylic acids is 2. The molecule has 25 heavy (non-hydrogen) atoms. The number of nitrogens with zero attached hydrogens (tertiary/aromatic N) is 1. The number of benzene rings is 2. The lowest BCUT2D eigenvalue weighted by molar-refractivity contribution is -0.128. The molecule has 0 saturated carbocycles. The van der Waals surface area contributed by atoms with Crippen LogP contribution in [0.2, 0.25) is 5.02 Å². The van der Waals surface area contributed by atoms with Crippen molar-refractivity contribution >= 4 is 29.1 Å². The molecule has 0 aliphatic carbocycles. The van der Waals surface area contributed by atoms with Crippen molar-refractivity contribution in [2.45, 2.75) is 26.8 Å². The first kappa shape index (κ1) is 17.5. The summed E-state index contributed by atoms with van der Waals surface area (Å²) in [5.41, 5.74) is 3.88. The normalized spacial score (nSPS) is 17.0. The van der Waals surface area contributed by atoms with Gasteiger partial charge in [-0.3, -0.25) is 9.59 Å². The van der Waals surface area contributed by atoms with Crippen LogP contribution in [0.4, 0.5) is 5.69 Å². The molecule has 1 N–H and O–H groups in total. The van der Waals surface area contributed by atoms with Gasteiger partial charge in [-0.1, -0.05) is 41.9 Å². The van der Waals surface area contributed by atoms with Crippen LogP contribution in [0.1, 0.15) is 23.1 Å². The van der Waals surface area contributed by atoms with E-state index < -0.39 is 0 Å². The molecule has 0 unspecified atom stereocenters. The molecule has 0 bridgehead atoms. The highest BCUT2D eigenvalue weighted by Gasteiger charge is 2.34. The van der Waals surface area contributed by atoms with Crippen LogP contribution in [0, 0.1) is 19.8 Å². The Bertz CT molecular complexity index is 819. The van der Waals surface area contributed by atoms with Gasteiger partial charge in [-0.25, -0.2) is 0 Å². The van der Waals surface area contributed by atoms with Crippen molar-refractivity contribution < 1.29 is 9.59 Å². The van der Waals surface area contributed by atoms with E-state index in [1.807, 2.05) is 56.3 Å². The zero-order valence-corrected chi connectivity index (χ0v) is 15.1. The van der Waals surface area contributed by atoms with E-state index in [9.17, 15) is 9.59 Å². The zero-order chi connectivity index (χ0) is 18.0. The first-order valence-electron chi connectivity index (χ1n) is 8.34. The largest absolute Gasteiger partial charge is 0.337 e. The summed E-state index contributed by atoms with van der Waals surface area (Å²) in [6, 6.07) is 13.3. The molecular weight excluding hydrogens is 336 g/mol. The number of nitrogens with one attached hydrogen (secondary N) is 1. The number of likely N-dealkylation sites (tertiary alicyclic amines) is 1. The van der Waals surface area contributed by atoms with E-state index >= 15 is 0 Å². The van der Waals surface area contributed by atoms with Gasteiger partial charge in [-0.2, -0.15) is 0 Å². The number of rotatable bonds is 4. The molecule has 0 aromatic heterocycles. The topological polar surface area (TPSA) is 49.4 Å². The van der Waals surface area contributed by atoms with Gasteiger partial charge in [0.1, 0.15) is 0 Å². The minimum atomic E-state index is -0.338. The Kier molecular flexibility index (Phi) is 5.09. The summed E-state index contributed by atoms with van der Waals surface area (Å²) >= 11 is 6.17. The molecular formula is C20H21ClN2O2. The summed E-state index contributed by atoms with van der Waals surface area (Å²) in [7, 11) is 0. The van der Waals surface area contributed by atoms with Crippen molar-refractivity contribution in [2.24, 2.45) is 5.92 Å².